The van der Waals surface area contributed by atoms with Crippen LogP contribution < -0.4 is 10.1 Å². The van der Waals surface area contributed by atoms with Gasteiger partial charge in [-0.1, -0.05) is 96.8 Å². The second-order valence-electron chi connectivity index (χ2n) is 9.20. The topological polar surface area (TPSA) is 67.8 Å². The van der Waals surface area contributed by atoms with E-state index in [1.54, 1.807) is 12.1 Å². The molecule has 0 heterocycles. The number of phenolic OH excluding ortho intramolecular Hbond substituents is 1. The third-order valence-corrected chi connectivity index (χ3v) is 6.00. The fraction of sp³-hybridized carbons (Fsp3) is 0.750. The summed E-state index contributed by atoms with van der Waals surface area (Å²) >= 11 is 0. The maximum absolute atomic E-state index is 11.8. The minimum Gasteiger partial charge on any atom is -0.508 e. The fourth-order valence-electron chi connectivity index (χ4n) is 3.90. The standard InChI is InChI=1S/C28H49NO4/c1-3-4-5-6-7-8-9-10-11-12-13-14-15-16-17-25(2)32-23-22-29-28(31)24-33-27-20-18-26(30)19-21-27/h18-21,25,30H,3-17,22-24H2,1-2H3,(H,29,31). The highest BCUT2D eigenvalue weighted by molar-refractivity contribution is 5.77. The first-order valence-corrected chi connectivity index (χ1v) is 13.4. The molecular weight excluding hydrogens is 414 g/mol. The molecule has 0 fully saturated rings. The molecule has 190 valence electrons. The van der Waals surface area contributed by atoms with Crippen LogP contribution in [0.5, 0.6) is 11.5 Å². The number of hydrogen-bond acceptors (Lipinski definition) is 4. The van der Waals surface area contributed by atoms with Crippen molar-refractivity contribution in [2.75, 3.05) is 19.8 Å². The molecule has 1 unspecified atom stereocenters. The Balaban J connectivity index is 1.82. The summed E-state index contributed by atoms with van der Waals surface area (Å²) in [6, 6.07) is 6.32. The van der Waals surface area contributed by atoms with Gasteiger partial charge in [0.25, 0.3) is 5.91 Å². The number of unbranched alkanes of at least 4 members (excludes halogenated alkanes) is 13. The van der Waals surface area contributed by atoms with E-state index in [4.69, 9.17) is 9.47 Å². The van der Waals surface area contributed by atoms with Gasteiger partial charge in [0, 0.05) is 6.54 Å². The van der Waals surface area contributed by atoms with Crippen molar-refractivity contribution in [1.82, 2.24) is 5.32 Å². The zero-order chi connectivity index (χ0) is 24.0. The van der Waals surface area contributed by atoms with Gasteiger partial charge in [0.1, 0.15) is 11.5 Å². The summed E-state index contributed by atoms with van der Waals surface area (Å²) < 4.78 is 11.2. The lowest BCUT2D eigenvalue weighted by Crippen LogP contribution is -2.32. The van der Waals surface area contributed by atoms with Crippen LogP contribution in [0.25, 0.3) is 0 Å². The van der Waals surface area contributed by atoms with Crippen LogP contribution in [0, 0.1) is 0 Å². The summed E-state index contributed by atoms with van der Waals surface area (Å²) in [6.07, 6.45) is 20.6. The third-order valence-electron chi connectivity index (χ3n) is 6.00. The van der Waals surface area contributed by atoms with Crippen LogP contribution in [-0.4, -0.2) is 36.9 Å². The third kappa shape index (κ3) is 18.4. The van der Waals surface area contributed by atoms with Gasteiger partial charge in [0.2, 0.25) is 0 Å². The molecule has 0 aliphatic rings. The molecule has 0 radical (unpaired) electrons. The Labute approximate surface area is 202 Å². The van der Waals surface area contributed by atoms with E-state index in [-0.39, 0.29) is 24.4 Å². The number of carbonyl (C=O) groups excluding carboxylic acids is 1. The molecule has 1 aromatic carbocycles. The van der Waals surface area contributed by atoms with Crippen LogP contribution in [0.15, 0.2) is 24.3 Å². The summed E-state index contributed by atoms with van der Waals surface area (Å²) in [4.78, 5) is 11.8. The molecule has 1 aromatic rings. The molecule has 1 rings (SSSR count). The molecule has 1 amide bonds. The molecule has 1 atom stereocenters. The first-order valence-electron chi connectivity index (χ1n) is 13.4. The highest BCUT2D eigenvalue weighted by atomic mass is 16.5. The van der Waals surface area contributed by atoms with Crippen molar-refractivity contribution in [2.45, 2.75) is 116 Å². The molecule has 0 saturated carbocycles. The SMILES string of the molecule is CCCCCCCCCCCCCCCCC(C)OCCNC(=O)COc1ccc(O)cc1. The highest BCUT2D eigenvalue weighted by Crippen LogP contribution is 2.16. The maximum Gasteiger partial charge on any atom is 0.258 e. The number of phenols is 1. The van der Waals surface area contributed by atoms with Gasteiger partial charge in [-0.3, -0.25) is 4.79 Å². The molecule has 5 nitrogen and oxygen atoms in total. The number of benzene rings is 1. The van der Waals surface area contributed by atoms with Crippen molar-refractivity contribution in [3.63, 3.8) is 0 Å². The summed E-state index contributed by atoms with van der Waals surface area (Å²) in [6.45, 7) is 5.35. The Morgan fingerprint density at radius 2 is 1.36 bits per heavy atom. The lowest BCUT2D eigenvalue weighted by atomic mass is 10.0. The van der Waals surface area contributed by atoms with Gasteiger partial charge in [-0.15, -0.1) is 0 Å². The van der Waals surface area contributed by atoms with Gasteiger partial charge in [-0.05, 0) is 37.6 Å². The van der Waals surface area contributed by atoms with Crippen LogP contribution in [0.3, 0.4) is 0 Å². The molecular formula is C28H49NO4. The molecule has 0 bridgehead atoms. The monoisotopic (exact) mass is 463 g/mol. The van der Waals surface area contributed by atoms with E-state index in [0.717, 1.165) is 6.42 Å². The Kier molecular flexibility index (Phi) is 18.5. The Bertz CT molecular complexity index is 576. The first-order chi connectivity index (χ1) is 16.1. The van der Waals surface area contributed by atoms with Crippen molar-refractivity contribution in [2.24, 2.45) is 0 Å². The van der Waals surface area contributed by atoms with Gasteiger partial charge < -0.3 is 19.9 Å². The van der Waals surface area contributed by atoms with E-state index in [2.05, 4.69) is 19.2 Å². The van der Waals surface area contributed by atoms with Crippen molar-refractivity contribution < 1.29 is 19.4 Å². The van der Waals surface area contributed by atoms with E-state index < -0.39 is 0 Å². The van der Waals surface area contributed by atoms with Crippen molar-refractivity contribution in [3.05, 3.63) is 24.3 Å². The van der Waals surface area contributed by atoms with E-state index in [1.165, 1.54) is 102 Å². The van der Waals surface area contributed by atoms with Gasteiger partial charge in [-0.2, -0.15) is 0 Å². The van der Waals surface area contributed by atoms with Crippen LogP contribution in [-0.2, 0) is 9.53 Å². The fourth-order valence-corrected chi connectivity index (χ4v) is 3.90. The number of ether oxygens (including phenoxy) is 2. The molecule has 0 spiro atoms. The summed E-state index contributed by atoms with van der Waals surface area (Å²) in [7, 11) is 0. The van der Waals surface area contributed by atoms with E-state index >= 15 is 0 Å². The van der Waals surface area contributed by atoms with E-state index in [1.807, 2.05) is 0 Å². The van der Waals surface area contributed by atoms with E-state index in [9.17, 15) is 9.90 Å². The second-order valence-corrected chi connectivity index (χ2v) is 9.20. The molecule has 2 N–H and O–H groups in total. The minimum atomic E-state index is -0.175. The van der Waals surface area contributed by atoms with Gasteiger partial charge >= 0.3 is 0 Å². The molecule has 33 heavy (non-hydrogen) atoms. The van der Waals surface area contributed by atoms with Crippen LogP contribution in [0.1, 0.15) is 110 Å². The van der Waals surface area contributed by atoms with E-state index in [0.29, 0.717) is 18.9 Å². The molecule has 0 aromatic heterocycles. The number of nitrogens with one attached hydrogen (secondary N) is 1. The Morgan fingerprint density at radius 1 is 0.848 bits per heavy atom. The summed E-state index contributed by atoms with van der Waals surface area (Å²) in [5, 5.41) is 12.0. The molecule has 5 heteroatoms. The Hall–Kier alpha value is -1.75. The van der Waals surface area contributed by atoms with Gasteiger partial charge in [0.15, 0.2) is 6.61 Å². The average Bonchev–Trinajstić information content (AvgIpc) is 2.81. The number of rotatable bonds is 22. The smallest absolute Gasteiger partial charge is 0.258 e. The lowest BCUT2D eigenvalue weighted by Gasteiger charge is -2.13. The summed E-state index contributed by atoms with van der Waals surface area (Å²) in [5.41, 5.74) is 0. The maximum atomic E-state index is 11.8. The van der Waals surface area contributed by atoms with Gasteiger partial charge in [-0.25, -0.2) is 0 Å². The largest absolute Gasteiger partial charge is 0.508 e. The predicted octanol–water partition coefficient (Wildman–Crippen LogP) is 7.16. The second kappa shape index (κ2) is 20.8. The predicted molar refractivity (Wildman–Crippen MR) is 137 cm³/mol. The number of amides is 1. The van der Waals surface area contributed by atoms with Crippen molar-refractivity contribution in [3.8, 4) is 11.5 Å². The van der Waals surface area contributed by atoms with Crippen LogP contribution in [0.2, 0.25) is 0 Å². The minimum absolute atomic E-state index is 0.0423. The van der Waals surface area contributed by atoms with Crippen molar-refractivity contribution >= 4 is 5.91 Å². The average molecular weight is 464 g/mol. The van der Waals surface area contributed by atoms with Crippen molar-refractivity contribution in [1.29, 1.82) is 0 Å². The summed E-state index contributed by atoms with van der Waals surface area (Å²) in [5.74, 6) is 0.555. The van der Waals surface area contributed by atoms with Crippen LogP contribution in [0.4, 0.5) is 0 Å². The number of aromatic hydroxyl groups is 1. The Morgan fingerprint density at radius 3 is 1.91 bits per heavy atom. The van der Waals surface area contributed by atoms with Gasteiger partial charge in [0.05, 0.1) is 12.7 Å². The lowest BCUT2D eigenvalue weighted by molar-refractivity contribution is -0.123. The first kappa shape index (κ1) is 29.3. The van der Waals surface area contributed by atoms with Crippen LogP contribution >= 0.6 is 0 Å². The number of carbonyl (C=O) groups is 1. The normalized spacial score (nSPS) is 11.9. The number of hydrogen-bond donors (Lipinski definition) is 2. The molecule has 0 aliphatic heterocycles. The quantitative estimate of drug-likeness (QED) is 0.179. The zero-order valence-electron chi connectivity index (χ0n) is 21.3. The molecule has 0 saturated heterocycles. The highest BCUT2D eigenvalue weighted by Gasteiger charge is 2.05. The zero-order valence-corrected chi connectivity index (χ0v) is 21.3. The molecule has 0 aliphatic carbocycles.